The lowest BCUT2D eigenvalue weighted by atomic mass is 10.1. The molecular weight excluding hydrogens is 222 g/mol. The second-order valence-electron chi connectivity index (χ2n) is 3.76. The van der Waals surface area contributed by atoms with Gasteiger partial charge in [-0.3, -0.25) is 9.59 Å². The topological polar surface area (TPSA) is 55.8 Å². The summed E-state index contributed by atoms with van der Waals surface area (Å²) in [6.07, 6.45) is 0. The van der Waals surface area contributed by atoms with Gasteiger partial charge in [0.15, 0.2) is 0 Å². The first kappa shape index (κ1) is 11.4. The molecule has 2 rings (SSSR count). The van der Waals surface area contributed by atoms with E-state index in [1.807, 2.05) is 6.07 Å². The van der Waals surface area contributed by atoms with E-state index in [4.69, 9.17) is 4.74 Å². The first-order valence-electron chi connectivity index (χ1n) is 5.18. The molecule has 5 nitrogen and oxygen atoms in total. The lowest BCUT2D eigenvalue weighted by Crippen LogP contribution is -2.30. The van der Waals surface area contributed by atoms with Gasteiger partial charge in [-0.1, -0.05) is 6.07 Å². The van der Waals surface area contributed by atoms with E-state index in [0.29, 0.717) is 17.9 Å². The highest BCUT2D eigenvalue weighted by molar-refractivity contribution is 6.00. The molecule has 1 aliphatic rings. The molecule has 0 bridgehead atoms. The molecule has 1 heterocycles. The van der Waals surface area contributed by atoms with Gasteiger partial charge in [-0.2, -0.15) is 0 Å². The average molecular weight is 235 g/mol. The molecule has 0 unspecified atom stereocenters. The van der Waals surface area contributed by atoms with Gasteiger partial charge in [0.1, 0.15) is 12.3 Å². The number of rotatable bonds is 3. The number of fused-ring (bicyclic) bond motifs is 1. The number of hydrogen-bond acceptors (Lipinski definition) is 4. The molecule has 5 heteroatoms. The Kier molecular flexibility index (Phi) is 2.99. The van der Waals surface area contributed by atoms with Crippen molar-refractivity contribution < 1.29 is 19.1 Å². The minimum absolute atomic E-state index is 0.0215. The van der Waals surface area contributed by atoms with Crippen LogP contribution in [0, 0.1) is 0 Å². The molecule has 1 aromatic carbocycles. The Hall–Kier alpha value is -2.04. The number of esters is 1. The molecule has 17 heavy (non-hydrogen) atoms. The van der Waals surface area contributed by atoms with Crippen molar-refractivity contribution in [1.82, 2.24) is 4.90 Å². The zero-order valence-electron chi connectivity index (χ0n) is 9.73. The quantitative estimate of drug-likeness (QED) is 0.728. The highest BCUT2D eigenvalue weighted by Crippen LogP contribution is 2.26. The van der Waals surface area contributed by atoms with Crippen LogP contribution in [0.3, 0.4) is 0 Å². The van der Waals surface area contributed by atoms with Gasteiger partial charge < -0.3 is 14.4 Å². The van der Waals surface area contributed by atoms with Crippen molar-refractivity contribution in [1.29, 1.82) is 0 Å². The van der Waals surface area contributed by atoms with E-state index >= 15 is 0 Å². The van der Waals surface area contributed by atoms with E-state index in [1.165, 1.54) is 12.0 Å². The largest absolute Gasteiger partial charge is 0.497 e. The Morgan fingerprint density at radius 1 is 1.41 bits per heavy atom. The summed E-state index contributed by atoms with van der Waals surface area (Å²) in [5.41, 5.74) is 1.49. The molecule has 0 N–H and O–H groups in total. The van der Waals surface area contributed by atoms with Crippen molar-refractivity contribution in [2.24, 2.45) is 0 Å². The monoisotopic (exact) mass is 235 g/mol. The number of amides is 1. The second kappa shape index (κ2) is 4.45. The van der Waals surface area contributed by atoms with Crippen molar-refractivity contribution in [3.8, 4) is 5.75 Å². The van der Waals surface area contributed by atoms with E-state index < -0.39 is 5.97 Å². The predicted octanol–water partition coefficient (Wildman–Crippen LogP) is 0.824. The van der Waals surface area contributed by atoms with Gasteiger partial charge in [-0.25, -0.2) is 0 Å². The fourth-order valence-corrected chi connectivity index (χ4v) is 1.82. The van der Waals surface area contributed by atoms with Crippen LogP contribution in [0.25, 0.3) is 0 Å². The Bertz CT molecular complexity index is 470. The highest BCUT2D eigenvalue weighted by Gasteiger charge is 2.29. The number of hydrogen-bond donors (Lipinski definition) is 0. The van der Waals surface area contributed by atoms with E-state index in [-0.39, 0.29) is 12.5 Å². The third-order valence-electron chi connectivity index (χ3n) is 2.74. The third-order valence-corrected chi connectivity index (χ3v) is 2.74. The third kappa shape index (κ3) is 2.08. The van der Waals surface area contributed by atoms with Gasteiger partial charge in [0, 0.05) is 12.1 Å². The number of benzene rings is 1. The number of nitrogens with zero attached hydrogens (tertiary/aromatic N) is 1. The molecule has 0 aromatic heterocycles. The standard InChI is InChI=1S/C12H13NO4/c1-16-9-4-3-8-6-13(7-11(14)17-2)12(15)10(8)5-9/h3-5H,6-7H2,1-2H3. The summed E-state index contributed by atoms with van der Waals surface area (Å²) in [6, 6.07) is 5.33. The summed E-state index contributed by atoms with van der Waals surface area (Å²) in [7, 11) is 2.85. The fraction of sp³-hybridized carbons (Fsp3) is 0.333. The minimum Gasteiger partial charge on any atom is -0.497 e. The van der Waals surface area contributed by atoms with Crippen molar-refractivity contribution in [2.75, 3.05) is 20.8 Å². The molecule has 0 saturated heterocycles. The van der Waals surface area contributed by atoms with Crippen molar-refractivity contribution >= 4 is 11.9 Å². The van der Waals surface area contributed by atoms with Crippen LogP contribution in [0.2, 0.25) is 0 Å². The first-order valence-corrected chi connectivity index (χ1v) is 5.18. The SMILES string of the molecule is COC(=O)CN1Cc2ccc(OC)cc2C1=O. The van der Waals surface area contributed by atoms with Crippen LogP contribution < -0.4 is 4.74 Å². The summed E-state index contributed by atoms with van der Waals surface area (Å²) in [4.78, 5) is 24.6. The molecule has 0 aliphatic carbocycles. The van der Waals surface area contributed by atoms with Gasteiger partial charge in [0.05, 0.1) is 14.2 Å². The zero-order valence-corrected chi connectivity index (χ0v) is 9.73. The lowest BCUT2D eigenvalue weighted by Gasteiger charge is -2.12. The summed E-state index contributed by atoms with van der Waals surface area (Å²) >= 11 is 0. The smallest absolute Gasteiger partial charge is 0.325 e. The maximum absolute atomic E-state index is 12.0. The molecule has 0 radical (unpaired) electrons. The lowest BCUT2D eigenvalue weighted by molar-refractivity contribution is -0.141. The Balaban J connectivity index is 2.21. The Morgan fingerprint density at radius 2 is 2.18 bits per heavy atom. The molecule has 1 amide bonds. The van der Waals surface area contributed by atoms with Crippen molar-refractivity contribution in [3.05, 3.63) is 29.3 Å². The molecule has 0 spiro atoms. The number of ether oxygens (including phenoxy) is 2. The van der Waals surface area contributed by atoms with Gasteiger partial charge in [0.25, 0.3) is 5.91 Å². The minimum atomic E-state index is -0.418. The molecule has 0 saturated carbocycles. The summed E-state index contributed by atoms with van der Waals surface area (Å²) in [6.45, 7) is 0.416. The summed E-state index contributed by atoms with van der Waals surface area (Å²) in [5.74, 6) is 0.0550. The average Bonchev–Trinajstić information content (AvgIpc) is 2.66. The van der Waals surface area contributed by atoms with Gasteiger partial charge in [-0.15, -0.1) is 0 Å². The fourth-order valence-electron chi connectivity index (χ4n) is 1.82. The van der Waals surface area contributed by atoms with E-state index in [1.54, 1.807) is 19.2 Å². The molecular formula is C12H13NO4. The normalized spacial score (nSPS) is 13.5. The van der Waals surface area contributed by atoms with E-state index in [2.05, 4.69) is 4.74 Å². The Labute approximate surface area is 98.9 Å². The van der Waals surface area contributed by atoms with Crippen LogP contribution in [0.1, 0.15) is 15.9 Å². The number of carbonyl (C=O) groups excluding carboxylic acids is 2. The first-order chi connectivity index (χ1) is 8.15. The maximum Gasteiger partial charge on any atom is 0.325 e. The van der Waals surface area contributed by atoms with Gasteiger partial charge in [-0.05, 0) is 17.7 Å². The molecule has 0 atom stereocenters. The second-order valence-corrected chi connectivity index (χ2v) is 3.76. The number of carbonyl (C=O) groups is 2. The number of methoxy groups -OCH3 is 2. The molecule has 1 aromatic rings. The predicted molar refractivity (Wildman–Crippen MR) is 59.8 cm³/mol. The highest BCUT2D eigenvalue weighted by atomic mass is 16.5. The maximum atomic E-state index is 12.0. The van der Waals surface area contributed by atoms with Gasteiger partial charge in [0.2, 0.25) is 0 Å². The van der Waals surface area contributed by atoms with Crippen LogP contribution in [0.5, 0.6) is 5.75 Å². The molecule has 90 valence electrons. The van der Waals surface area contributed by atoms with Crippen LogP contribution in [0.15, 0.2) is 18.2 Å². The van der Waals surface area contributed by atoms with Crippen molar-refractivity contribution in [3.63, 3.8) is 0 Å². The zero-order chi connectivity index (χ0) is 12.4. The Morgan fingerprint density at radius 3 is 2.82 bits per heavy atom. The van der Waals surface area contributed by atoms with E-state index in [0.717, 1.165) is 5.56 Å². The van der Waals surface area contributed by atoms with Crippen LogP contribution in [-0.2, 0) is 16.1 Å². The summed E-state index contributed by atoms with van der Waals surface area (Å²) in [5, 5.41) is 0. The molecule has 1 aliphatic heterocycles. The summed E-state index contributed by atoms with van der Waals surface area (Å²) < 4.78 is 9.61. The van der Waals surface area contributed by atoms with Crippen LogP contribution >= 0.6 is 0 Å². The van der Waals surface area contributed by atoms with E-state index in [9.17, 15) is 9.59 Å². The van der Waals surface area contributed by atoms with Crippen LogP contribution in [0.4, 0.5) is 0 Å². The van der Waals surface area contributed by atoms with Gasteiger partial charge >= 0.3 is 5.97 Å². The molecule has 0 fully saturated rings. The van der Waals surface area contributed by atoms with Crippen molar-refractivity contribution in [2.45, 2.75) is 6.54 Å². The van der Waals surface area contributed by atoms with Crippen LogP contribution in [-0.4, -0.2) is 37.5 Å².